The van der Waals surface area contributed by atoms with Crippen LogP contribution in [0.1, 0.15) is 53.9 Å². The summed E-state index contributed by atoms with van der Waals surface area (Å²) in [5, 5.41) is 2.83. The summed E-state index contributed by atoms with van der Waals surface area (Å²) in [6.45, 7) is 10.9. The molecular formula is C18H32N2O4. The summed E-state index contributed by atoms with van der Waals surface area (Å²) in [5.74, 6) is -0.283. The van der Waals surface area contributed by atoms with Crippen molar-refractivity contribution in [3.63, 3.8) is 0 Å². The van der Waals surface area contributed by atoms with E-state index in [4.69, 9.17) is 4.74 Å². The number of methoxy groups -OCH3 is 1. The molecule has 2 amide bonds. The molecule has 1 fully saturated rings. The third-order valence-electron chi connectivity index (χ3n) is 4.30. The van der Waals surface area contributed by atoms with Crippen molar-refractivity contribution in [1.82, 2.24) is 10.2 Å². The zero-order chi connectivity index (χ0) is 18.5. The summed E-state index contributed by atoms with van der Waals surface area (Å²) < 4.78 is 4.78. The Labute approximate surface area is 145 Å². The van der Waals surface area contributed by atoms with Gasteiger partial charge in [-0.15, -0.1) is 0 Å². The van der Waals surface area contributed by atoms with Gasteiger partial charge in [-0.25, -0.2) is 4.79 Å². The maximum absolute atomic E-state index is 12.5. The first-order valence-electron chi connectivity index (χ1n) is 8.73. The SMILES string of the molecule is COC(=O)[C@@H](CC(C)C)NC(=O)C1CCN(C(=O)C(C)(C)C)CC1. The van der Waals surface area contributed by atoms with Crippen LogP contribution < -0.4 is 5.32 Å². The smallest absolute Gasteiger partial charge is 0.328 e. The Hall–Kier alpha value is -1.59. The van der Waals surface area contributed by atoms with Crippen molar-refractivity contribution in [2.24, 2.45) is 17.3 Å². The van der Waals surface area contributed by atoms with Crippen LogP contribution in [-0.4, -0.2) is 48.9 Å². The number of ether oxygens (including phenoxy) is 1. The standard InChI is InChI=1S/C18H32N2O4/c1-12(2)11-14(16(22)24-6)19-15(21)13-7-9-20(10-8-13)17(23)18(3,4)5/h12-14H,7-11H2,1-6H3,(H,19,21)/t14-/m1/s1. The van der Waals surface area contributed by atoms with Gasteiger partial charge in [0.1, 0.15) is 6.04 Å². The number of hydrogen-bond donors (Lipinski definition) is 1. The van der Waals surface area contributed by atoms with Crippen molar-refractivity contribution in [3.05, 3.63) is 0 Å². The first-order valence-corrected chi connectivity index (χ1v) is 8.73. The number of rotatable bonds is 5. The molecule has 6 heteroatoms. The van der Waals surface area contributed by atoms with Gasteiger partial charge >= 0.3 is 5.97 Å². The van der Waals surface area contributed by atoms with Gasteiger partial charge < -0.3 is 15.0 Å². The minimum atomic E-state index is -0.600. The van der Waals surface area contributed by atoms with E-state index < -0.39 is 17.4 Å². The Bertz CT molecular complexity index is 460. The number of hydrogen-bond acceptors (Lipinski definition) is 4. The maximum Gasteiger partial charge on any atom is 0.328 e. The highest BCUT2D eigenvalue weighted by Crippen LogP contribution is 2.24. The van der Waals surface area contributed by atoms with Crippen LogP contribution in [-0.2, 0) is 19.1 Å². The van der Waals surface area contributed by atoms with E-state index in [1.807, 2.05) is 39.5 Å². The lowest BCUT2D eigenvalue weighted by Gasteiger charge is -2.35. The molecule has 0 unspecified atom stereocenters. The zero-order valence-corrected chi connectivity index (χ0v) is 15.8. The molecule has 1 atom stereocenters. The highest BCUT2D eigenvalue weighted by molar-refractivity contribution is 5.86. The second-order valence-electron chi connectivity index (χ2n) is 8.03. The summed E-state index contributed by atoms with van der Waals surface area (Å²) in [6, 6.07) is -0.600. The molecule has 1 saturated heterocycles. The van der Waals surface area contributed by atoms with E-state index in [1.165, 1.54) is 7.11 Å². The van der Waals surface area contributed by atoms with Gasteiger partial charge in [-0.3, -0.25) is 9.59 Å². The molecular weight excluding hydrogens is 308 g/mol. The fourth-order valence-electron chi connectivity index (χ4n) is 2.94. The molecule has 0 saturated carbocycles. The fraction of sp³-hybridized carbons (Fsp3) is 0.833. The van der Waals surface area contributed by atoms with E-state index in [-0.39, 0.29) is 23.7 Å². The van der Waals surface area contributed by atoms with Gasteiger partial charge in [0.2, 0.25) is 11.8 Å². The first kappa shape index (κ1) is 20.5. The Balaban J connectivity index is 2.58. The van der Waals surface area contributed by atoms with Crippen molar-refractivity contribution < 1.29 is 19.1 Å². The lowest BCUT2D eigenvalue weighted by molar-refractivity contribution is -0.146. The summed E-state index contributed by atoms with van der Waals surface area (Å²) in [5.41, 5.74) is -0.400. The lowest BCUT2D eigenvalue weighted by Crippen LogP contribution is -2.49. The molecule has 0 aromatic heterocycles. The molecule has 1 rings (SSSR count). The molecule has 1 aliphatic heterocycles. The number of likely N-dealkylation sites (tertiary alicyclic amines) is 1. The van der Waals surface area contributed by atoms with Crippen molar-refractivity contribution in [2.45, 2.75) is 59.9 Å². The molecule has 0 aromatic carbocycles. The Morgan fingerprint density at radius 3 is 2.12 bits per heavy atom. The Morgan fingerprint density at radius 1 is 1.17 bits per heavy atom. The zero-order valence-electron chi connectivity index (χ0n) is 15.8. The van der Waals surface area contributed by atoms with E-state index in [9.17, 15) is 14.4 Å². The van der Waals surface area contributed by atoms with Crippen LogP contribution in [0.5, 0.6) is 0 Å². The van der Waals surface area contributed by atoms with Gasteiger partial charge in [0.05, 0.1) is 7.11 Å². The summed E-state index contributed by atoms with van der Waals surface area (Å²) in [4.78, 5) is 38.4. The first-order chi connectivity index (χ1) is 11.1. The van der Waals surface area contributed by atoms with E-state index in [1.54, 1.807) is 0 Å². The number of esters is 1. The lowest BCUT2D eigenvalue weighted by atomic mass is 9.90. The number of carbonyl (C=O) groups excluding carboxylic acids is 3. The predicted octanol–water partition coefficient (Wildman–Crippen LogP) is 1.97. The van der Waals surface area contributed by atoms with Crippen LogP contribution in [0.4, 0.5) is 0 Å². The van der Waals surface area contributed by atoms with Crippen LogP contribution >= 0.6 is 0 Å². The quantitative estimate of drug-likeness (QED) is 0.777. The van der Waals surface area contributed by atoms with Gasteiger partial charge in [0.15, 0.2) is 0 Å². The highest BCUT2D eigenvalue weighted by atomic mass is 16.5. The summed E-state index contributed by atoms with van der Waals surface area (Å²) in [6.07, 6.45) is 1.81. The topological polar surface area (TPSA) is 75.7 Å². The number of nitrogens with zero attached hydrogens (tertiary/aromatic N) is 1. The number of piperidine rings is 1. The largest absolute Gasteiger partial charge is 0.467 e. The molecule has 0 aliphatic carbocycles. The van der Waals surface area contributed by atoms with Crippen molar-refractivity contribution in [2.75, 3.05) is 20.2 Å². The van der Waals surface area contributed by atoms with Gasteiger partial charge in [0, 0.05) is 24.4 Å². The molecule has 0 aromatic rings. The van der Waals surface area contributed by atoms with E-state index >= 15 is 0 Å². The average molecular weight is 340 g/mol. The van der Waals surface area contributed by atoms with Gasteiger partial charge in [0.25, 0.3) is 0 Å². The normalized spacial score (nSPS) is 17.5. The number of amides is 2. The van der Waals surface area contributed by atoms with Crippen molar-refractivity contribution >= 4 is 17.8 Å². The molecule has 6 nitrogen and oxygen atoms in total. The molecule has 138 valence electrons. The van der Waals surface area contributed by atoms with Crippen LogP contribution in [0.15, 0.2) is 0 Å². The molecule has 1 N–H and O–H groups in total. The van der Waals surface area contributed by atoms with Crippen molar-refractivity contribution in [3.8, 4) is 0 Å². The average Bonchev–Trinajstić information content (AvgIpc) is 2.51. The molecule has 0 spiro atoms. The molecule has 1 heterocycles. The van der Waals surface area contributed by atoms with Gasteiger partial charge in [-0.05, 0) is 25.2 Å². The van der Waals surface area contributed by atoms with Crippen LogP contribution in [0.25, 0.3) is 0 Å². The van der Waals surface area contributed by atoms with Gasteiger partial charge in [-0.2, -0.15) is 0 Å². The monoisotopic (exact) mass is 340 g/mol. The second-order valence-corrected chi connectivity index (χ2v) is 8.03. The Kier molecular flexibility index (Phi) is 7.24. The minimum Gasteiger partial charge on any atom is -0.467 e. The molecule has 1 aliphatic rings. The van der Waals surface area contributed by atoms with Crippen LogP contribution in [0, 0.1) is 17.3 Å². The third kappa shape index (κ3) is 5.80. The van der Waals surface area contributed by atoms with Crippen LogP contribution in [0.2, 0.25) is 0 Å². The Morgan fingerprint density at radius 2 is 1.71 bits per heavy atom. The predicted molar refractivity (Wildman–Crippen MR) is 92.2 cm³/mol. The fourth-order valence-corrected chi connectivity index (χ4v) is 2.94. The maximum atomic E-state index is 12.5. The second kappa shape index (κ2) is 8.49. The van der Waals surface area contributed by atoms with E-state index in [2.05, 4.69) is 5.32 Å². The molecule has 24 heavy (non-hydrogen) atoms. The van der Waals surface area contributed by atoms with E-state index in [0.717, 1.165) is 0 Å². The summed E-state index contributed by atoms with van der Waals surface area (Å²) >= 11 is 0. The van der Waals surface area contributed by atoms with Crippen LogP contribution in [0.3, 0.4) is 0 Å². The van der Waals surface area contributed by atoms with E-state index in [0.29, 0.717) is 32.4 Å². The number of nitrogens with one attached hydrogen (secondary N) is 1. The number of carbonyl (C=O) groups is 3. The molecule has 0 radical (unpaired) electrons. The highest BCUT2D eigenvalue weighted by Gasteiger charge is 2.33. The third-order valence-corrected chi connectivity index (χ3v) is 4.30. The minimum absolute atomic E-state index is 0.117. The summed E-state index contributed by atoms with van der Waals surface area (Å²) in [7, 11) is 1.33. The van der Waals surface area contributed by atoms with Crippen molar-refractivity contribution in [1.29, 1.82) is 0 Å². The molecule has 0 bridgehead atoms. The van der Waals surface area contributed by atoms with Gasteiger partial charge in [-0.1, -0.05) is 34.6 Å².